The Bertz CT molecular complexity index is 684. The molecule has 0 unspecified atom stereocenters. The van der Waals surface area contributed by atoms with Crippen molar-refractivity contribution >= 4 is 22.7 Å². The number of benzene rings is 1. The van der Waals surface area contributed by atoms with E-state index < -0.39 is 5.97 Å². The summed E-state index contributed by atoms with van der Waals surface area (Å²) in [5, 5.41) is 9.92. The normalized spacial score (nSPS) is 17.9. The minimum atomic E-state index is -0.908. The lowest BCUT2D eigenvalue weighted by atomic mass is 9.83. The van der Waals surface area contributed by atoms with Gasteiger partial charge in [-0.2, -0.15) is 0 Å². The first kappa shape index (κ1) is 13.9. The van der Waals surface area contributed by atoms with Crippen LogP contribution in [-0.2, 0) is 0 Å². The average molecular weight is 284 g/mol. The summed E-state index contributed by atoms with van der Waals surface area (Å²) in [6, 6.07) is 9.06. The first-order valence-corrected chi connectivity index (χ1v) is 7.34. The van der Waals surface area contributed by atoms with Crippen molar-refractivity contribution in [2.75, 3.05) is 18.0 Å². The van der Waals surface area contributed by atoms with E-state index in [0.717, 1.165) is 37.3 Å². The number of pyridine rings is 1. The Morgan fingerprint density at radius 1 is 1.19 bits per heavy atom. The third kappa shape index (κ3) is 2.71. The summed E-state index contributed by atoms with van der Waals surface area (Å²) >= 11 is 0. The van der Waals surface area contributed by atoms with Gasteiger partial charge in [0.05, 0.1) is 11.1 Å². The molecule has 1 fully saturated rings. The summed E-state index contributed by atoms with van der Waals surface area (Å²) in [7, 11) is 0. The third-order valence-electron chi connectivity index (χ3n) is 4.39. The predicted octanol–water partition coefficient (Wildman–Crippen LogP) is 3.56. The summed E-state index contributed by atoms with van der Waals surface area (Å²) in [6.45, 7) is 6.61. The van der Waals surface area contributed by atoms with Gasteiger partial charge in [0.2, 0.25) is 0 Å². The number of hydrogen-bond donors (Lipinski definition) is 1. The zero-order chi connectivity index (χ0) is 15.0. The number of rotatable bonds is 2. The monoisotopic (exact) mass is 284 g/mol. The molecule has 0 amide bonds. The maximum absolute atomic E-state index is 11.2. The molecule has 4 heteroatoms. The SMILES string of the molecule is CC1(C)CCN(c2ccc3c(C(=O)O)cccc3n2)CC1. The molecule has 0 spiro atoms. The first-order chi connectivity index (χ1) is 9.96. The lowest BCUT2D eigenvalue weighted by molar-refractivity contribution is 0.0699. The van der Waals surface area contributed by atoms with E-state index in [1.165, 1.54) is 0 Å². The number of nitrogens with zero attached hydrogens (tertiary/aromatic N) is 2. The second-order valence-corrected chi connectivity index (χ2v) is 6.50. The van der Waals surface area contributed by atoms with Crippen molar-refractivity contribution in [1.82, 2.24) is 4.98 Å². The maximum Gasteiger partial charge on any atom is 0.336 e. The standard InChI is InChI=1S/C17H20N2O2/c1-17(2)8-10-19(11-9-17)15-7-6-12-13(16(20)21)4-3-5-14(12)18-15/h3-7H,8-11H2,1-2H3,(H,20,21). The van der Waals surface area contributed by atoms with Crippen molar-refractivity contribution in [1.29, 1.82) is 0 Å². The maximum atomic E-state index is 11.2. The number of carboxylic acids is 1. The van der Waals surface area contributed by atoms with Crippen LogP contribution in [0.25, 0.3) is 10.9 Å². The van der Waals surface area contributed by atoms with Crippen molar-refractivity contribution in [2.24, 2.45) is 5.41 Å². The third-order valence-corrected chi connectivity index (χ3v) is 4.39. The Morgan fingerprint density at radius 3 is 2.57 bits per heavy atom. The van der Waals surface area contributed by atoms with Crippen LogP contribution in [0.15, 0.2) is 30.3 Å². The molecule has 1 N–H and O–H groups in total. The molecule has 0 aliphatic carbocycles. The van der Waals surface area contributed by atoms with Gasteiger partial charge < -0.3 is 10.0 Å². The molecule has 21 heavy (non-hydrogen) atoms. The molecule has 0 radical (unpaired) electrons. The van der Waals surface area contributed by atoms with Crippen LogP contribution in [0, 0.1) is 5.41 Å². The smallest absolute Gasteiger partial charge is 0.336 e. The minimum Gasteiger partial charge on any atom is -0.478 e. The molecule has 1 saturated heterocycles. The molecule has 1 aromatic carbocycles. The van der Waals surface area contributed by atoms with Gasteiger partial charge in [0, 0.05) is 18.5 Å². The van der Waals surface area contributed by atoms with Gasteiger partial charge in [0.25, 0.3) is 0 Å². The molecule has 2 aromatic rings. The minimum absolute atomic E-state index is 0.311. The highest BCUT2D eigenvalue weighted by Crippen LogP contribution is 2.32. The highest BCUT2D eigenvalue weighted by molar-refractivity contribution is 6.02. The van der Waals surface area contributed by atoms with Crippen molar-refractivity contribution < 1.29 is 9.90 Å². The van der Waals surface area contributed by atoms with Gasteiger partial charge in [-0.3, -0.25) is 0 Å². The summed E-state index contributed by atoms with van der Waals surface area (Å²) in [5.41, 5.74) is 1.47. The van der Waals surface area contributed by atoms with Gasteiger partial charge in [-0.05, 0) is 42.5 Å². The van der Waals surface area contributed by atoms with Crippen molar-refractivity contribution in [3.8, 4) is 0 Å². The van der Waals surface area contributed by atoms with E-state index in [2.05, 4.69) is 23.7 Å². The molecule has 1 aliphatic heterocycles. The highest BCUT2D eigenvalue weighted by atomic mass is 16.4. The zero-order valence-corrected chi connectivity index (χ0v) is 12.5. The fraction of sp³-hybridized carbons (Fsp3) is 0.412. The number of carboxylic acid groups (broad SMARTS) is 1. The molecule has 0 atom stereocenters. The van der Waals surface area contributed by atoms with Gasteiger partial charge in [0.15, 0.2) is 0 Å². The predicted molar refractivity (Wildman–Crippen MR) is 83.9 cm³/mol. The summed E-state index contributed by atoms with van der Waals surface area (Å²) in [6.07, 6.45) is 2.31. The number of anilines is 1. The first-order valence-electron chi connectivity index (χ1n) is 7.34. The Labute approximate surface area is 124 Å². The molecular weight excluding hydrogens is 264 g/mol. The molecular formula is C17H20N2O2. The Balaban J connectivity index is 1.94. The van der Waals surface area contributed by atoms with Crippen LogP contribution in [0.3, 0.4) is 0 Å². The van der Waals surface area contributed by atoms with E-state index in [1.54, 1.807) is 12.1 Å². The topological polar surface area (TPSA) is 53.4 Å². The number of carbonyl (C=O) groups is 1. The van der Waals surface area contributed by atoms with Crippen LogP contribution >= 0.6 is 0 Å². The van der Waals surface area contributed by atoms with Gasteiger partial charge in [-0.25, -0.2) is 9.78 Å². The Kier molecular flexibility index (Phi) is 3.32. The molecule has 0 saturated carbocycles. The van der Waals surface area contributed by atoms with Crippen LogP contribution in [-0.4, -0.2) is 29.1 Å². The second kappa shape index (κ2) is 5.02. The van der Waals surface area contributed by atoms with Crippen LogP contribution in [0.4, 0.5) is 5.82 Å². The molecule has 110 valence electrons. The van der Waals surface area contributed by atoms with E-state index in [4.69, 9.17) is 0 Å². The van der Waals surface area contributed by atoms with Gasteiger partial charge in [0.1, 0.15) is 5.82 Å². The van der Waals surface area contributed by atoms with E-state index in [-0.39, 0.29) is 0 Å². The Morgan fingerprint density at radius 2 is 1.90 bits per heavy atom. The van der Waals surface area contributed by atoms with E-state index >= 15 is 0 Å². The van der Waals surface area contributed by atoms with E-state index in [1.807, 2.05) is 18.2 Å². The summed E-state index contributed by atoms with van der Waals surface area (Å²) in [5.74, 6) is 0.0374. The van der Waals surface area contributed by atoms with E-state index in [9.17, 15) is 9.90 Å². The largest absolute Gasteiger partial charge is 0.478 e. The zero-order valence-electron chi connectivity index (χ0n) is 12.5. The molecule has 4 nitrogen and oxygen atoms in total. The lowest BCUT2D eigenvalue weighted by Crippen LogP contribution is -2.37. The second-order valence-electron chi connectivity index (χ2n) is 6.50. The number of hydrogen-bond acceptors (Lipinski definition) is 3. The van der Waals surface area contributed by atoms with Crippen LogP contribution in [0.2, 0.25) is 0 Å². The quantitative estimate of drug-likeness (QED) is 0.916. The fourth-order valence-electron chi connectivity index (χ4n) is 2.85. The summed E-state index contributed by atoms with van der Waals surface area (Å²) < 4.78 is 0. The summed E-state index contributed by atoms with van der Waals surface area (Å²) in [4.78, 5) is 18.2. The van der Waals surface area contributed by atoms with Gasteiger partial charge in [-0.15, -0.1) is 0 Å². The van der Waals surface area contributed by atoms with Crippen molar-refractivity contribution in [2.45, 2.75) is 26.7 Å². The Hall–Kier alpha value is -2.10. The van der Waals surface area contributed by atoms with Crippen LogP contribution in [0.5, 0.6) is 0 Å². The van der Waals surface area contributed by atoms with Crippen molar-refractivity contribution in [3.63, 3.8) is 0 Å². The number of aromatic carboxylic acids is 1. The molecule has 3 rings (SSSR count). The molecule has 1 aliphatic rings. The van der Waals surface area contributed by atoms with Crippen LogP contribution in [0.1, 0.15) is 37.0 Å². The number of fused-ring (bicyclic) bond motifs is 1. The van der Waals surface area contributed by atoms with Gasteiger partial charge in [-0.1, -0.05) is 19.9 Å². The lowest BCUT2D eigenvalue weighted by Gasteiger charge is -2.37. The number of piperidine rings is 1. The van der Waals surface area contributed by atoms with Crippen LogP contribution < -0.4 is 4.90 Å². The molecule has 1 aromatic heterocycles. The molecule has 2 heterocycles. The molecule has 0 bridgehead atoms. The highest BCUT2D eigenvalue weighted by Gasteiger charge is 2.26. The number of aromatic nitrogens is 1. The fourth-order valence-corrected chi connectivity index (χ4v) is 2.85. The van der Waals surface area contributed by atoms with E-state index in [0.29, 0.717) is 16.4 Å². The van der Waals surface area contributed by atoms with Gasteiger partial charge >= 0.3 is 5.97 Å². The average Bonchev–Trinajstić information content (AvgIpc) is 2.46. The van der Waals surface area contributed by atoms with Crippen molar-refractivity contribution in [3.05, 3.63) is 35.9 Å².